The Balaban J connectivity index is 3.50. The molecule has 0 aliphatic rings. The van der Waals surface area contributed by atoms with E-state index in [0.717, 1.165) is 32.1 Å². The second kappa shape index (κ2) is 9.70. The number of sulfonamides is 1. The van der Waals surface area contributed by atoms with Gasteiger partial charge in [0.15, 0.2) is 0 Å². The quantitative estimate of drug-likeness (QED) is 0.599. The molecule has 0 unspecified atom stereocenters. The summed E-state index contributed by atoms with van der Waals surface area (Å²) < 4.78 is 24.2. The normalized spacial score (nSPS) is 15.1. The summed E-state index contributed by atoms with van der Waals surface area (Å²) in [5, 5.41) is 17.1. The molecule has 0 amide bonds. The average Bonchev–Trinajstić information content (AvgIpc) is 2.58. The van der Waals surface area contributed by atoms with Crippen molar-refractivity contribution in [3.8, 4) is 0 Å². The Bertz CT molecular complexity index is 620. The number of primary sulfonamides is 1. The van der Waals surface area contributed by atoms with Crippen LogP contribution in [0.25, 0.3) is 0 Å². The molecule has 1 aromatic rings. The minimum atomic E-state index is -3.83. The molecule has 0 aliphatic heterocycles. The van der Waals surface area contributed by atoms with Crippen LogP contribution in [0.15, 0.2) is 29.2 Å². The molecule has 5 heteroatoms. The van der Waals surface area contributed by atoms with E-state index in [-0.39, 0.29) is 16.7 Å². The zero-order chi connectivity index (χ0) is 19.1. The summed E-state index contributed by atoms with van der Waals surface area (Å²) in [7, 11) is -3.83. The van der Waals surface area contributed by atoms with Gasteiger partial charge < -0.3 is 5.11 Å². The Kier molecular flexibility index (Phi) is 8.58. The highest BCUT2D eigenvalue weighted by Crippen LogP contribution is 2.44. The molecule has 0 bridgehead atoms. The molecule has 3 N–H and O–H groups in total. The number of hydrogen-bond donors (Lipinski definition) is 2. The Hall–Kier alpha value is -0.910. The number of benzene rings is 1. The maximum atomic E-state index is 12.1. The fourth-order valence-electron chi connectivity index (χ4n) is 3.76. The molecule has 0 heterocycles. The van der Waals surface area contributed by atoms with Crippen molar-refractivity contribution in [2.24, 2.45) is 11.1 Å². The van der Waals surface area contributed by atoms with Crippen LogP contribution in [0.4, 0.5) is 0 Å². The van der Waals surface area contributed by atoms with E-state index in [1.165, 1.54) is 0 Å². The molecule has 0 aromatic heterocycles. The highest BCUT2D eigenvalue weighted by atomic mass is 32.2. The molecule has 0 spiro atoms. The van der Waals surface area contributed by atoms with Gasteiger partial charge >= 0.3 is 0 Å². The van der Waals surface area contributed by atoms with Crippen LogP contribution >= 0.6 is 0 Å². The molecule has 0 saturated heterocycles. The summed E-state index contributed by atoms with van der Waals surface area (Å²) in [6.07, 6.45) is 6.06. The van der Waals surface area contributed by atoms with Crippen LogP contribution in [-0.4, -0.2) is 19.1 Å². The Morgan fingerprint density at radius 1 is 1.08 bits per heavy atom. The zero-order valence-corrected chi connectivity index (χ0v) is 17.0. The lowest BCUT2D eigenvalue weighted by Crippen LogP contribution is -2.40. The average molecular weight is 370 g/mol. The van der Waals surface area contributed by atoms with E-state index >= 15 is 0 Å². The van der Waals surface area contributed by atoms with Gasteiger partial charge in [0.2, 0.25) is 10.0 Å². The van der Waals surface area contributed by atoms with Gasteiger partial charge in [0.1, 0.15) is 0 Å². The Labute approximate surface area is 153 Å². The van der Waals surface area contributed by atoms with E-state index in [9.17, 15) is 13.5 Å². The fraction of sp³-hybridized carbons (Fsp3) is 0.700. The second-order valence-corrected chi connectivity index (χ2v) is 8.79. The van der Waals surface area contributed by atoms with Crippen molar-refractivity contribution >= 4 is 10.0 Å². The van der Waals surface area contributed by atoms with Gasteiger partial charge in [0, 0.05) is 5.92 Å². The maximum Gasteiger partial charge on any atom is 0.238 e. The Morgan fingerprint density at radius 3 is 2.04 bits per heavy atom. The van der Waals surface area contributed by atoms with E-state index in [4.69, 9.17) is 5.14 Å². The van der Waals surface area contributed by atoms with Crippen molar-refractivity contribution < 1.29 is 13.5 Å². The molecule has 1 aromatic carbocycles. The van der Waals surface area contributed by atoms with Gasteiger partial charge in [-0.1, -0.05) is 78.0 Å². The van der Waals surface area contributed by atoms with Crippen molar-refractivity contribution in [3.05, 3.63) is 29.8 Å². The van der Waals surface area contributed by atoms with Gasteiger partial charge in [-0.05, 0) is 30.4 Å². The van der Waals surface area contributed by atoms with Crippen molar-refractivity contribution in [2.45, 2.75) is 89.1 Å². The van der Waals surface area contributed by atoms with Crippen LogP contribution in [0.1, 0.15) is 84.1 Å². The first-order chi connectivity index (χ1) is 11.7. The van der Waals surface area contributed by atoms with Gasteiger partial charge in [-0.15, -0.1) is 0 Å². The van der Waals surface area contributed by atoms with Gasteiger partial charge in [-0.25, -0.2) is 13.6 Å². The summed E-state index contributed by atoms with van der Waals surface area (Å²) in [4.78, 5) is 0.145. The molecule has 25 heavy (non-hydrogen) atoms. The maximum absolute atomic E-state index is 12.1. The summed E-state index contributed by atoms with van der Waals surface area (Å²) in [5.74, 6) is -0.0910. The standard InChI is InChI=1S/C20H35NO3S/c1-5-8-14-20(22,15-9-6-2)19(16(4)7-3)17-12-10-11-13-18(17)25(21,23)24/h10-13,16,19,22H,5-9,14-15H2,1-4H3,(H2,21,23,24)/t16-,19-/m0/s1. The van der Waals surface area contributed by atoms with E-state index in [2.05, 4.69) is 27.7 Å². The van der Waals surface area contributed by atoms with E-state index in [1.54, 1.807) is 12.1 Å². The molecule has 0 fully saturated rings. The fourth-order valence-corrected chi connectivity index (χ4v) is 4.55. The van der Waals surface area contributed by atoms with Crippen molar-refractivity contribution in [2.75, 3.05) is 0 Å². The predicted molar refractivity (Wildman–Crippen MR) is 104 cm³/mol. The third-order valence-corrected chi connectivity index (χ3v) is 6.26. The summed E-state index contributed by atoms with van der Waals surface area (Å²) >= 11 is 0. The largest absolute Gasteiger partial charge is 0.389 e. The predicted octanol–water partition coefficient (Wildman–Crippen LogP) is 4.58. The van der Waals surface area contributed by atoms with Crippen LogP contribution in [0.2, 0.25) is 0 Å². The SMILES string of the molecule is CCCCC(O)(CCCC)[C@H](c1ccccc1S(N)(=O)=O)[C@@H](C)CC. The van der Waals surface area contributed by atoms with Gasteiger partial charge in [0.25, 0.3) is 0 Å². The van der Waals surface area contributed by atoms with Gasteiger partial charge in [-0.3, -0.25) is 0 Å². The third-order valence-electron chi connectivity index (χ3n) is 5.28. The molecule has 0 radical (unpaired) electrons. The number of aliphatic hydroxyl groups is 1. The first-order valence-corrected chi connectivity index (χ1v) is 11.1. The first-order valence-electron chi connectivity index (χ1n) is 9.55. The van der Waals surface area contributed by atoms with Crippen LogP contribution in [0.3, 0.4) is 0 Å². The van der Waals surface area contributed by atoms with Crippen LogP contribution in [0, 0.1) is 5.92 Å². The molecule has 144 valence electrons. The number of nitrogens with two attached hydrogens (primary N) is 1. The molecule has 0 aliphatic carbocycles. The Morgan fingerprint density at radius 2 is 1.60 bits per heavy atom. The lowest BCUT2D eigenvalue weighted by Gasteiger charge is -2.41. The number of unbranched alkanes of at least 4 members (excludes halogenated alkanes) is 2. The second-order valence-electron chi connectivity index (χ2n) is 7.26. The lowest BCUT2D eigenvalue weighted by molar-refractivity contribution is -0.0257. The summed E-state index contributed by atoms with van der Waals surface area (Å²) in [6, 6.07) is 6.90. The highest BCUT2D eigenvalue weighted by molar-refractivity contribution is 7.89. The first kappa shape index (κ1) is 22.1. The number of hydrogen-bond acceptors (Lipinski definition) is 3. The van der Waals surface area contributed by atoms with Gasteiger partial charge in [0.05, 0.1) is 10.5 Å². The molecular weight excluding hydrogens is 334 g/mol. The molecule has 1 rings (SSSR count). The van der Waals surface area contributed by atoms with Crippen LogP contribution in [-0.2, 0) is 10.0 Å². The van der Waals surface area contributed by atoms with Gasteiger partial charge in [-0.2, -0.15) is 0 Å². The topological polar surface area (TPSA) is 80.4 Å². The van der Waals surface area contributed by atoms with E-state index in [1.807, 2.05) is 12.1 Å². The summed E-state index contributed by atoms with van der Waals surface area (Å²) in [5.41, 5.74) is -0.253. The van der Waals surface area contributed by atoms with E-state index in [0.29, 0.717) is 18.4 Å². The van der Waals surface area contributed by atoms with Crippen LogP contribution in [0.5, 0.6) is 0 Å². The van der Waals surface area contributed by atoms with Crippen molar-refractivity contribution in [3.63, 3.8) is 0 Å². The molecule has 4 nitrogen and oxygen atoms in total. The van der Waals surface area contributed by atoms with Crippen LogP contribution < -0.4 is 5.14 Å². The van der Waals surface area contributed by atoms with Crippen molar-refractivity contribution in [1.29, 1.82) is 0 Å². The van der Waals surface area contributed by atoms with Crippen molar-refractivity contribution in [1.82, 2.24) is 0 Å². The minimum absolute atomic E-state index is 0.145. The zero-order valence-electron chi connectivity index (χ0n) is 16.2. The lowest BCUT2D eigenvalue weighted by atomic mass is 9.69. The minimum Gasteiger partial charge on any atom is -0.389 e. The number of rotatable bonds is 11. The molecular formula is C20H35NO3S. The highest BCUT2D eigenvalue weighted by Gasteiger charge is 2.41. The monoisotopic (exact) mass is 369 g/mol. The molecule has 2 atom stereocenters. The third kappa shape index (κ3) is 5.80. The summed E-state index contributed by atoms with van der Waals surface area (Å²) in [6.45, 7) is 8.39. The molecule has 0 saturated carbocycles. The smallest absolute Gasteiger partial charge is 0.238 e. The van der Waals surface area contributed by atoms with E-state index < -0.39 is 15.6 Å².